The lowest BCUT2D eigenvalue weighted by atomic mass is 9.98. The zero-order chi connectivity index (χ0) is 22.8. The lowest BCUT2D eigenvalue weighted by Gasteiger charge is -2.23. The molecule has 0 saturated carbocycles. The molecule has 0 saturated heterocycles. The van der Waals surface area contributed by atoms with Crippen LogP contribution in [0.1, 0.15) is 23.6 Å². The highest BCUT2D eigenvalue weighted by Crippen LogP contribution is 2.43. The molecule has 1 aliphatic rings. The number of hydrazone groups is 1. The van der Waals surface area contributed by atoms with Crippen molar-refractivity contribution in [3.8, 4) is 5.75 Å². The van der Waals surface area contributed by atoms with Crippen LogP contribution in [-0.4, -0.2) is 15.8 Å². The van der Waals surface area contributed by atoms with E-state index in [4.69, 9.17) is 16.7 Å². The number of thiazole rings is 1. The predicted octanol–water partition coefficient (Wildman–Crippen LogP) is 6.57. The van der Waals surface area contributed by atoms with Crippen molar-refractivity contribution < 1.29 is 5.11 Å². The number of nitrogens with one attached hydrogen (secondary N) is 1. The Kier molecular flexibility index (Phi) is 5.77. The molecule has 3 aromatic carbocycles. The number of aromatic nitrogens is 1. The fourth-order valence-electron chi connectivity index (χ4n) is 3.68. The minimum absolute atomic E-state index is 0.166. The van der Waals surface area contributed by atoms with Gasteiger partial charge in [0.05, 0.1) is 17.4 Å². The highest BCUT2D eigenvalue weighted by molar-refractivity contribution is 7.13. The second-order valence-electron chi connectivity index (χ2n) is 7.38. The van der Waals surface area contributed by atoms with E-state index in [9.17, 15) is 9.90 Å². The van der Waals surface area contributed by atoms with Crippen molar-refractivity contribution in [2.45, 2.75) is 12.5 Å². The van der Waals surface area contributed by atoms with Gasteiger partial charge >= 0.3 is 4.87 Å². The second-order valence-corrected chi connectivity index (χ2v) is 8.78. The van der Waals surface area contributed by atoms with Gasteiger partial charge in [0.15, 0.2) is 10.8 Å². The first-order valence-electron chi connectivity index (χ1n) is 10.2. The number of halogens is 1. The Labute approximate surface area is 198 Å². The van der Waals surface area contributed by atoms with E-state index in [1.165, 1.54) is 0 Å². The molecule has 0 radical (unpaired) electrons. The van der Waals surface area contributed by atoms with E-state index in [2.05, 4.69) is 15.2 Å². The number of rotatable bonds is 5. The average molecular weight is 476 g/mol. The third-order valence-corrected chi connectivity index (χ3v) is 6.25. The van der Waals surface area contributed by atoms with Crippen LogP contribution in [0.5, 0.6) is 5.75 Å². The smallest absolute Gasteiger partial charge is 0.308 e. The van der Waals surface area contributed by atoms with Gasteiger partial charge in [0.2, 0.25) is 0 Å². The normalized spacial score (nSPS) is 15.8. The van der Waals surface area contributed by atoms with E-state index >= 15 is 0 Å². The van der Waals surface area contributed by atoms with Crippen molar-refractivity contribution in [2.75, 3.05) is 5.01 Å². The first kappa shape index (κ1) is 21.1. The quantitative estimate of drug-likeness (QED) is 0.320. The molecule has 2 N–H and O–H groups in total. The third-order valence-electron chi connectivity index (χ3n) is 5.24. The third kappa shape index (κ3) is 4.44. The molecule has 1 atom stereocenters. The number of anilines is 1. The molecule has 0 amide bonds. The summed E-state index contributed by atoms with van der Waals surface area (Å²) < 4.78 is 0. The zero-order valence-corrected chi connectivity index (χ0v) is 18.8. The molecular formula is C24H18ClN5O2S. The van der Waals surface area contributed by atoms with Gasteiger partial charge in [-0.2, -0.15) is 5.10 Å². The van der Waals surface area contributed by atoms with Crippen LogP contribution in [-0.2, 0) is 0 Å². The van der Waals surface area contributed by atoms with Crippen LogP contribution in [0.25, 0.3) is 0 Å². The maximum Gasteiger partial charge on any atom is 0.308 e. The Balaban J connectivity index is 1.57. The van der Waals surface area contributed by atoms with Crippen LogP contribution in [0.3, 0.4) is 0 Å². The van der Waals surface area contributed by atoms with Gasteiger partial charge in [-0.3, -0.25) is 9.78 Å². The van der Waals surface area contributed by atoms with Gasteiger partial charge in [0.25, 0.3) is 0 Å². The van der Waals surface area contributed by atoms with E-state index in [0.717, 1.165) is 22.6 Å². The number of phenols is 1. The Hall–Kier alpha value is -3.75. The summed E-state index contributed by atoms with van der Waals surface area (Å²) in [6.45, 7) is 0. The van der Waals surface area contributed by atoms with Gasteiger partial charge in [-0.05, 0) is 35.9 Å². The van der Waals surface area contributed by atoms with Gasteiger partial charge in [-0.15, -0.1) is 10.2 Å². The first-order valence-corrected chi connectivity index (χ1v) is 11.4. The summed E-state index contributed by atoms with van der Waals surface area (Å²) in [5, 5.41) is 26.6. The molecule has 1 aromatic heterocycles. The lowest BCUT2D eigenvalue weighted by molar-refractivity contribution is 0.461. The van der Waals surface area contributed by atoms with Crippen LogP contribution in [0.4, 0.5) is 16.5 Å². The lowest BCUT2D eigenvalue weighted by Crippen LogP contribution is -2.19. The van der Waals surface area contributed by atoms with E-state index in [1.54, 1.807) is 41.4 Å². The summed E-state index contributed by atoms with van der Waals surface area (Å²) in [4.78, 5) is 14.9. The highest BCUT2D eigenvalue weighted by Gasteiger charge is 2.34. The molecule has 1 aliphatic heterocycles. The van der Waals surface area contributed by atoms with Crippen molar-refractivity contribution >= 4 is 45.2 Å². The molecule has 0 bridgehead atoms. The summed E-state index contributed by atoms with van der Waals surface area (Å²) in [6, 6.07) is 23.6. The van der Waals surface area contributed by atoms with E-state index in [-0.39, 0.29) is 16.7 Å². The van der Waals surface area contributed by atoms with E-state index < -0.39 is 0 Å². The van der Waals surface area contributed by atoms with Gasteiger partial charge in [-0.25, -0.2) is 5.01 Å². The number of H-pyrrole nitrogens is 1. The average Bonchev–Trinajstić information content (AvgIpc) is 3.43. The highest BCUT2D eigenvalue weighted by atomic mass is 35.5. The summed E-state index contributed by atoms with van der Waals surface area (Å²) in [5.74, 6) is 0.598. The summed E-state index contributed by atoms with van der Waals surface area (Å²) in [6.07, 6.45) is 0.549. The number of hydrogen-bond donors (Lipinski definition) is 2. The number of nitrogens with zero attached hydrogens (tertiary/aromatic N) is 4. The zero-order valence-electron chi connectivity index (χ0n) is 17.2. The number of benzene rings is 3. The minimum atomic E-state index is -0.323. The van der Waals surface area contributed by atoms with Crippen LogP contribution >= 0.6 is 22.9 Å². The molecule has 9 heteroatoms. The number of aromatic hydroxyl groups is 1. The molecular weight excluding hydrogens is 458 g/mol. The standard InChI is InChI=1S/C24H18ClN5O2S/c25-16-10-12-17(13-11-16)27-28-23-22(26-24(32)33-23)30-20(18-8-4-5-9-21(18)31)14-19(29-30)15-6-2-1-3-7-15/h1-13,20,31H,14H2,(H,26,32). The minimum Gasteiger partial charge on any atom is -0.508 e. The molecule has 33 heavy (non-hydrogen) atoms. The van der Waals surface area contributed by atoms with Crippen molar-refractivity contribution in [3.05, 3.63) is 105 Å². The fraction of sp³-hybridized carbons (Fsp3) is 0.0833. The monoisotopic (exact) mass is 475 g/mol. The Bertz CT molecular complexity index is 1400. The predicted molar refractivity (Wildman–Crippen MR) is 131 cm³/mol. The van der Waals surface area contributed by atoms with Crippen LogP contribution < -0.4 is 9.88 Å². The van der Waals surface area contributed by atoms with Gasteiger partial charge in [-0.1, -0.05) is 71.5 Å². The molecule has 0 aliphatic carbocycles. The van der Waals surface area contributed by atoms with Crippen molar-refractivity contribution in [3.63, 3.8) is 0 Å². The molecule has 164 valence electrons. The van der Waals surface area contributed by atoms with Crippen molar-refractivity contribution in [1.29, 1.82) is 0 Å². The number of azo groups is 1. The summed E-state index contributed by atoms with van der Waals surface area (Å²) in [7, 11) is 0. The van der Waals surface area contributed by atoms with Gasteiger partial charge in [0, 0.05) is 17.0 Å². The number of phenolic OH excluding ortho intramolecular Hbond substituents is 1. The molecule has 0 spiro atoms. The van der Waals surface area contributed by atoms with E-state index in [0.29, 0.717) is 33.5 Å². The molecule has 2 heterocycles. The second kappa shape index (κ2) is 9.01. The topological polar surface area (TPSA) is 93.4 Å². The van der Waals surface area contributed by atoms with Crippen molar-refractivity contribution in [2.24, 2.45) is 15.3 Å². The van der Waals surface area contributed by atoms with Crippen LogP contribution in [0.15, 0.2) is 99.0 Å². The maximum atomic E-state index is 12.3. The Morgan fingerprint density at radius 2 is 1.73 bits per heavy atom. The number of aromatic amines is 1. The molecule has 7 nitrogen and oxygen atoms in total. The summed E-state index contributed by atoms with van der Waals surface area (Å²) in [5.41, 5.74) is 3.14. The van der Waals surface area contributed by atoms with Gasteiger partial charge < -0.3 is 5.11 Å². The van der Waals surface area contributed by atoms with Crippen molar-refractivity contribution in [1.82, 2.24) is 4.98 Å². The number of hydrogen-bond acceptors (Lipinski definition) is 7. The number of para-hydroxylation sites is 1. The largest absolute Gasteiger partial charge is 0.508 e. The van der Waals surface area contributed by atoms with Gasteiger partial charge in [0.1, 0.15) is 5.75 Å². The molecule has 4 aromatic rings. The Morgan fingerprint density at radius 3 is 2.48 bits per heavy atom. The fourth-order valence-corrected chi connectivity index (χ4v) is 4.45. The molecule has 1 unspecified atom stereocenters. The molecule has 5 rings (SSSR count). The van der Waals surface area contributed by atoms with E-state index in [1.807, 2.05) is 42.5 Å². The molecule has 0 fully saturated rings. The Morgan fingerprint density at radius 1 is 1.00 bits per heavy atom. The first-order chi connectivity index (χ1) is 16.1. The maximum absolute atomic E-state index is 12.3. The van der Waals surface area contributed by atoms with Crippen LogP contribution in [0, 0.1) is 0 Å². The SMILES string of the molecule is O=c1[nH]c(N2N=C(c3ccccc3)CC2c2ccccc2O)c(N=Nc2ccc(Cl)cc2)s1. The summed E-state index contributed by atoms with van der Waals surface area (Å²) >= 11 is 6.89. The van der Waals surface area contributed by atoms with Crippen LogP contribution in [0.2, 0.25) is 5.02 Å².